The molecule has 2 rings (SSSR count). The molecule has 14 heteroatoms. The minimum atomic E-state index is -1.26. The zero-order valence-electron chi connectivity index (χ0n) is 20.4. The number of methoxy groups -OCH3 is 3. The van der Waals surface area contributed by atoms with E-state index in [-0.39, 0.29) is 22.9 Å². The van der Waals surface area contributed by atoms with E-state index >= 15 is 0 Å². The summed E-state index contributed by atoms with van der Waals surface area (Å²) in [6.45, 7) is 1.23. The van der Waals surface area contributed by atoms with Crippen molar-refractivity contribution in [3.63, 3.8) is 0 Å². The molecule has 0 fully saturated rings. The highest BCUT2D eigenvalue weighted by Crippen LogP contribution is 2.40. The zero-order chi connectivity index (χ0) is 27.3. The van der Waals surface area contributed by atoms with E-state index in [1.807, 2.05) is 19.0 Å². The van der Waals surface area contributed by atoms with E-state index in [0.717, 1.165) is 17.9 Å². The van der Waals surface area contributed by atoms with Gasteiger partial charge in [-0.3, -0.25) is 14.9 Å². The molecule has 2 amide bonds. The molecular weight excluding hydrogens is 496 g/mol. The molecule has 1 aromatic heterocycles. The van der Waals surface area contributed by atoms with Gasteiger partial charge in [-0.1, -0.05) is 0 Å². The molecule has 0 spiro atoms. The first-order valence-corrected chi connectivity index (χ1v) is 11.0. The third-order valence-electron chi connectivity index (χ3n) is 4.12. The van der Waals surface area contributed by atoms with E-state index in [1.54, 1.807) is 17.5 Å². The molecule has 1 aromatic carbocycles. The average Bonchev–Trinajstić information content (AvgIpc) is 3.30. The Bertz CT molecular complexity index is 1080. The van der Waals surface area contributed by atoms with E-state index < -0.39 is 17.8 Å². The van der Waals surface area contributed by atoms with Crippen LogP contribution in [0.25, 0.3) is 0 Å². The number of carboxylic acids is 2. The third kappa shape index (κ3) is 9.60. The molecule has 0 saturated heterocycles. The third-order valence-corrected chi connectivity index (χ3v) is 4.88. The van der Waals surface area contributed by atoms with Gasteiger partial charge in [-0.2, -0.15) is 0 Å². The number of aliphatic carboxylic acids is 2. The van der Waals surface area contributed by atoms with Gasteiger partial charge in [-0.25, -0.2) is 14.6 Å². The molecule has 0 aliphatic rings. The number of thiazole rings is 1. The van der Waals surface area contributed by atoms with Crippen LogP contribution in [0.15, 0.2) is 29.7 Å². The van der Waals surface area contributed by atoms with Crippen molar-refractivity contribution in [1.82, 2.24) is 15.2 Å². The van der Waals surface area contributed by atoms with Crippen molar-refractivity contribution in [3.8, 4) is 17.2 Å². The topological polar surface area (TPSA) is 177 Å². The molecule has 0 aliphatic carbocycles. The van der Waals surface area contributed by atoms with Gasteiger partial charge < -0.3 is 34.6 Å². The summed E-state index contributed by atoms with van der Waals surface area (Å²) < 4.78 is 15.8. The van der Waals surface area contributed by atoms with Gasteiger partial charge in [0.2, 0.25) is 5.75 Å². The number of carbonyl (C=O) groups is 4. The van der Waals surface area contributed by atoms with Crippen molar-refractivity contribution in [1.29, 1.82) is 0 Å². The van der Waals surface area contributed by atoms with Crippen molar-refractivity contribution >= 4 is 40.2 Å². The molecule has 196 valence electrons. The lowest BCUT2D eigenvalue weighted by molar-refractivity contribution is -0.134. The fourth-order valence-electron chi connectivity index (χ4n) is 2.51. The van der Waals surface area contributed by atoms with Crippen LogP contribution in [-0.2, 0) is 9.59 Å². The van der Waals surface area contributed by atoms with E-state index in [1.165, 1.54) is 21.3 Å². The molecule has 2 aromatic rings. The number of amides is 2. The van der Waals surface area contributed by atoms with Crippen molar-refractivity contribution in [3.05, 3.63) is 40.9 Å². The number of benzene rings is 1. The first-order valence-electron chi connectivity index (χ1n) is 10.2. The molecule has 0 unspecified atom stereocenters. The standard InChI is InChI=1S/C18H24N4O5S.C4H4O4/c1-22(2)9-8-19-17(24)12-10-28-18(20-12)21-16(23)11-6-7-13(25-3)15(27-5)14(11)26-4;5-3(6)1-2-4(7)8/h6-7,10H,8-9H2,1-5H3,(H,19,24)(H,20,21,23);1-2H,(H,5,6)(H,7,8). The Morgan fingerprint density at radius 3 is 2.08 bits per heavy atom. The number of anilines is 1. The summed E-state index contributed by atoms with van der Waals surface area (Å²) in [4.78, 5) is 50.0. The number of aromatic nitrogens is 1. The summed E-state index contributed by atoms with van der Waals surface area (Å²) >= 11 is 1.16. The Morgan fingerprint density at radius 1 is 0.972 bits per heavy atom. The summed E-state index contributed by atoms with van der Waals surface area (Å²) in [5.41, 5.74) is 0.505. The van der Waals surface area contributed by atoms with Crippen molar-refractivity contribution in [2.75, 3.05) is 53.8 Å². The zero-order valence-corrected chi connectivity index (χ0v) is 21.2. The van der Waals surface area contributed by atoms with Gasteiger partial charge in [0.05, 0.1) is 26.9 Å². The first-order chi connectivity index (χ1) is 17.0. The Balaban J connectivity index is 0.000000697. The number of nitrogens with zero attached hydrogens (tertiary/aromatic N) is 2. The highest BCUT2D eigenvalue weighted by molar-refractivity contribution is 7.14. The van der Waals surface area contributed by atoms with Crippen LogP contribution in [0.4, 0.5) is 5.13 Å². The summed E-state index contributed by atoms with van der Waals surface area (Å²) in [6.07, 6.45) is 1.12. The monoisotopic (exact) mass is 524 g/mol. The van der Waals surface area contributed by atoms with Gasteiger partial charge in [0, 0.05) is 30.6 Å². The Hall–Kier alpha value is -4.17. The van der Waals surface area contributed by atoms with Gasteiger partial charge in [0.1, 0.15) is 5.69 Å². The lowest BCUT2D eigenvalue weighted by Crippen LogP contribution is -2.31. The van der Waals surface area contributed by atoms with Gasteiger partial charge >= 0.3 is 11.9 Å². The Kier molecular flexibility index (Phi) is 12.4. The maximum absolute atomic E-state index is 12.7. The van der Waals surface area contributed by atoms with E-state index in [0.29, 0.717) is 35.3 Å². The molecular formula is C22H28N4O9S. The van der Waals surface area contributed by atoms with Crippen molar-refractivity contribution in [2.24, 2.45) is 0 Å². The van der Waals surface area contributed by atoms with Crippen LogP contribution >= 0.6 is 11.3 Å². The SMILES string of the molecule is COc1ccc(C(=O)Nc2nc(C(=O)NCCN(C)C)cs2)c(OC)c1OC.O=C(O)C=CC(=O)O. The number of ether oxygens (including phenoxy) is 3. The predicted molar refractivity (Wildman–Crippen MR) is 131 cm³/mol. The summed E-state index contributed by atoms with van der Waals surface area (Å²) in [6, 6.07) is 3.18. The molecule has 0 radical (unpaired) electrons. The van der Waals surface area contributed by atoms with Crippen molar-refractivity contribution in [2.45, 2.75) is 0 Å². The number of likely N-dealkylation sites (N-methyl/N-ethyl adjacent to an activating group) is 1. The average molecular weight is 525 g/mol. The lowest BCUT2D eigenvalue weighted by Gasteiger charge is -2.15. The highest BCUT2D eigenvalue weighted by Gasteiger charge is 2.22. The fourth-order valence-corrected chi connectivity index (χ4v) is 3.19. The normalized spacial score (nSPS) is 10.3. The second-order valence-corrected chi connectivity index (χ2v) is 7.80. The second-order valence-electron chi connectivity index (χ2n) is 6.94. The molecule has 1 heterocycles. The molecule has 13 nitrogen and oxygen atoms in total. The second kappa shape index (κ2) is 15.0. The smallest absolute Gasteiger partial charge is 0.328 e. The van der Waals surface area contributed by atoms with Gasteiger partial charge in [0.15, 0.2) is 16.6 Å². The van der Waals surface area contributed by atoms with Crippen LogP contribution in [0.5, 0.6) is 17.2 Å². The molecule has 4 N–H and O–H groups in total. The van der Waals surface area contributed by atoms with E-state index in [4.69, 9.17) is 24.4 Å². The van der Waals surface area contributed by atoms with Crippen LogP contribution in [0.3, 0.4) is 0 Å². The van der Waals surface area contributed by atoms with Gasteiger partial charge in [-0.15, -0.1) is 11.3 Å². The minimum Gasteiger partial charge on any atom is -0.493 e. The van der Waals surface area contributed by atoms with E-state index in [9.17, 15) is 19.2 Å². The molecule has 36 heavy (non-hydrogen) atoms. The Labute approximate surface area is 211 Å². The minimum absolute atomic E-state index is 0.248. The molecule has 0 bridgehead atoms. The van der Waals surface area contributed by atoms with Crippen LogP contribution in [0, 0.1) is 0 Å². The molecule has 0 atom stereocenters. The molecule has 0 saturated carbocycles. The number of hydrogen-bond donors (Lipinski definition) is 4. The highest BCUT2D eigenvalue weighted by atomic mass is 32.1. The fraction of sp³-hybridized carbons (Fsp3) is 0.318. The van der Waals surface area contributed by atoms with Gasteiger partial charge in [0.25, 0.3) is 11.8 Å². The number of rotatable bonds is 11. The van der Waals surface area contributed by atoms with Crippen LogP contribution in [0.2, 0.25) is 0 Å². The largest absolute Gasteiger partial charge is 0.493 e. The van der Waals surface area contributed by atoms with E-state index in [2.05, 4.69) is 15.6 Å². The summed E-state index contributed by atoms with van der Waals surface area (Å²) in [5, 5.41) is 23.0. The van der Waals surface area contributed by atoms with Crippen LogP contribution in [-0.4, -0.2) is 92.4 Å². The van der Waals surface area contributed by atoms with Crippen LogP contribution in [0.1, 0.15) is 20.8 Å². The van der Waals surface area contributed by atoms with Crippen molar-refractivity contribution < 1.29 is 43.6 Å². The summed E-state index contributed by atoms with van der Waals surface area (Å²) in [7, 11) is 8.24. The molecule has 0 aliphatic heterocycles. The summed E-state index contributed by atoms with van der Waals surface area (Å²) in [5.74, 6) is -2.23. The Morgan fingerprint density at radius 2 is 1.58 bits per heavy atom. The maximum atomic E-state index is 12.7. The first kappa shape index (κ1) is 29.9. The maximum Gasteiger partial charge on any atom is 0.328 e. The number of carboxylic acid groups (broad SMARTS) is 2. The predicted octanol–water partition coefficient (Wildman–Crippen LogP) is 1.42. The lowest BCUT2D eigenvalue weighted by atomic mass is 10.1. The number of hydrogen-bond acceptors (Lipinski definition) is 10. The quantitative estimate of drug-likeness (QED) is 0.313. The number of nitrogens with one attached hydrogen (secondary N) is 2. The van der Waals surface area contributed by atoms with Gasteiger partial charge in [-0.05, 0) is 26.2 Å². The number of carbonyl (C=O) groups excluding carboxylic acids is 2. The van der Waals surface area contributed by atoms with Crippen LogP contribution < -0.4 is 24.8 Å².